The van der Waals surface area contributed by atoms with Crippen LogP contribution in [-0.2, 0) is 21.4 Å². The van der Waals surface area contributed by atoms with E-state index in [2.05, 4.69) is 5.32 Å². The molecule has 2 aliphatic carbocycles. The van der Waals surface area contributed by atoms with E-state index in [-0.39, 0.29) is 35.8 Å². The molecule has 6 rings (SSSR count). The van der Waals surface area contributed by atoms with E-state index in [0.717, 1.165) is 6.42 Å². The van der Waals surface area contributed by atoms with Gasteiger partial charge in [-0.15, -0.1) is 0 Å². The van der Waals surface area contributed by atoms with E-state index in [0.29, 0.717) is 16.9 Å². The minimum absolute atomic E-state index is 0.0255. The van der Waals surface area contributed by atoms with Gasteiger partial charge >= 0.3 is 0 Å². The Kier molecular flexibility index (Phi) is 5.66. The zero-order valence-corrected chi connectivity index (χ0v) is 21.0. The monoisotopic (exact) mass is 514 g/mol. The minimum atomic E-state index is -0.916. The fraction of sp³-hybridized carbons (Fsp3) is 0.310. The first-order valence-corrected chi connectivity index (χ1v) is 12.7. The van der Waals surface area contributed by atoms with Crippen LogP contribution >= 0.6 is 0 Å². The summed E-state index contributed by atoms with van der Waals surface area (Å²) in [6.07, 6.45) is 4.56. The molecule has 8 nitrogen and oxygen atoms in total. The lowest BCUT2D eigenvalue weighted by molar-refractivity contribution is -0.144. The maximum absolute atomic E-state index is 13.7. The van der Waals surface area contributed by atoms with Crippen LogP contribution in [0.25, 0.3) is 5.69 Å². The van der Waals surface area contributed by atoms with Crippen LogP contribution in [0.5, 0.6) is 0 Å². The number of carbonyl (C=O) groups excluding carboxylic acids is 3. The third-order valence-electron chi connectivity index (χ3n) is 8.27. The molecule has 1 saturated heterocycles. The zero-order valence-electron chi connectivity index (χ0n) is 21.0. The van der Waals surface area contributed by atoms with Crippen LogP contribution in [0.1, 0.15) is 30.1 Å². The van der Waals surface area contributed by atoms with E-state index in [9.17, 15) is 23.6 Å². The summed E-state index contributed by atoms with van der Waals surface area (Å²) in [5, 5.41) is 2.73. The van der Waals surface area contributed by atoms with Crippen molar-refractivity contribution in [2.75, 3.05) is 5.32 Å². The Labute approximate surface area is 218 Å². The Bertz CT molecular complexity index is 1510. The Morgan fingerprint density at radius 3 is 2.18 bits per heavy atom. The van der Waals surface area contributed by atoms with E-state index in [1.807, 2.05) is 30.4 Å². The number of nitrogens with zero attached hydrogens (tertiary/aromatic N) is 3. The van der Waals surface area contributed by atoms with E-state index in [4.69, 9.17) is 0 Å². The molecule has 3 aromatic rings. The molecule has 3 amide bonds. The maximum Gasteiger partial charge on any atom is 0.295 e. The average molecular weight is 515 g/mol. The summed E-state index contributed by atoms with van der Waals surface area (Å²) in [7, 11) is 1.73. The molecule has 0 radical (unpaired) electrons. The van der Waals surface area contributed by atoms with Gasteiger partial charge in [0, 0.05) is 7.05 Å². The van der Waals surface area contributed by atoms with Gasteiger partial charge in [-0.05, 0) is 55.0 Å². The molecule has 0 spiro atoms. The molecule has 1 saturated carbocycles. The number of amides is 3. The molecule has 2 bridgehead atoms. The van der Waals surface area contributed by atoms with Crippen molar-refractivity contribution in [1.29, 1.82) is 0 Å². The van der Waals surface area contributed by atoms with Gasteiger partial charge in [0.15, 0.2) is 0 Å². The number of para-hydroxylation sites is 1. The van der Waals surface area contributed by atoms with Crippen LogP contribution in [0.4, 0.5) is 10.1 Å². The number of anilines is 1. The van der Waals surface area contributed by atoms with Crippen LogP contribution in [0.15, 0.2) is 71.5 Å². The molecule has 1 aliphatic heterocycles. The molecular weight excluding hydrogens is 487 g/mol. The van der Waals surface area contributed by atoms with Gasteiger partial charge in [0.1, 0.15) is 11.5 Å². The van der Waals surface area contributed by atoms with Gasteiger partial charge in [-0.25, -0.2) is 9.07 Å². The quantitative estimate of drug-likeness (QED) is 0.403. The standard InChI is InChI=1S/C29H27FN4O4/c1-16-26(29(38)34(32(16)2)21-6-4-3-5-7-21)31-23(35)15-22(17-10-12-20(30)13-11-17)33-27(36)24-18-8-9-19(14-18)25(24)28(33)37/h3-13,18-19,22,24-25H,14-15H2,1-2H3,(H,31,35). The number of carbonyl (C=O) groups is 3. The van der Waals surface area contributed by atoms with Gasteiger partial charge in [-0.2, -0.15) is 0 Å². The van der Waals surface area contributed by atoms with Crippen molar-refractivity contribution in [3.63, 3.8) is 0 Å². The molecule has 2 aromatic carbocycles. The Hall–Kier alpha value is -4.27. The number of nitrogens with one attached hydrogen (secondary N) is 1. The molecule has 2 heterocycles. The van der Waals surface area contributed by atoms with Crippen LogP contribution in [-0.4, -0.2) is 32.0 Å². The van der Waals surface area contributed by atoms with Crippen molar-refractivity contribution >= 4 is 23.4 Å². The van der Waals surface area contributed by atoms with Gasteiger partial charge in [0.25, 0.3) is 5.56 Å². The van der Waals surface area contributed by atoms with E-state index < -0.39 is 35.2 Å². The summed E-state index contributed by atoms with van der Waals surface area (Å²) in [5.74, 6) is -2.35. The molecule has 1 aromatic heterocycles. The molecule has 194 valence electrons. The van der Waals surface area contributed by atoms with Gasteiger partial charge in [0.2, 0.25) is 17.7 Å². The van der Waals surface area contributed by atoms with E-state index >= 15 is 0 Å². The normalized spacial score (nSPS) is 24.2. The minimum Gasteiger partial charge on any atom is -0.320 e. The molecule has 38 heavy (non-hydrogen) atoms. The first kappa shape index (κ1) is 24.1. The lowest BCUT2D eigenvalue weighted by Crippen LogP contribution is -2.38. The highest BCUT2D eigenvalue weighted by molar-refractivity contribution is 6.07. The summed E-state index contributed by atoms with van der Waals surface area (Å²) in [5.41, 5.74) is 1.41. The second-order valence-corrected chi connectivity index (χ2v) is 10.3. The van der Waals surface area contributed by atoms with Gasteiger partial charge in [-0.3, -0.25) is 28.8 Å². The van der Waals surface area contributed by atoms with Crippen LogP contribution in [0.2, 0.25) is 0 Å². The molecular formula is C29H27FN4O4. The number of aromatic nitrogens is 2. The third-order valence-corrected chi connectivity index (χ3v) is 8.27. The average Bonchev–Trinajstić information content (AvgIpc) is 3.64. The van der Waals surface area contributed by atoms with Crippen molar-refractivity contribution in [1.82, 2.24) is 14.3 Å². The topological polar surface area (TPSA) is 93.4 Å². The third kappa shape index (κ3) is 3.64. The zero-order chi connectivity index (χ0) is 26.7. The Morgan fingerprint density at radius 1 is 0.974 bits per heavy atom. The second kappa shape index (κ2) is 8.93. The fourth-order valence-corrected chi connectivity index (χ4v) is 6.35. The number of likely N-dealkylation sites (tertiary alicyclic amines) is 1. The number of rotatable bonds is 6. The highest BCUT2D eigenvalue weighted by Crippen LogP contribution is 2.54. The Balaban J connectivity index is 1.31. The van der Waals surface area contributed by atoms with Crippen LogP contribution < -0.4 is 10.9 Å². The van der Waals surface area contributed by atoms with E-state index in [1.54, 1.807) is 30.8 Å². The largest absolute Gasteiger partial charge is 0.320 e. The molecule has 3 aliphatic rings. The lowest BCUT2D eigenvalue weighted by Gasteiger charge is -2.28. The number of allylic oxidation sites excluding steroid dienone is 2. The summed E-state index contributed by atoms with van der Waals surface area (Å²) >= 11 is 0. The number of hydrogen-bond acceptors (Lipinski definition) is 4. The smallest absolute Gasteiger partial charge is 0.295 e. The van der Waals surface area contributed by atoms with Gasteiger partial charge in [-0.1, -0.05) is 42.5 Å². The maximum atomic E-state index is 13.7. The van der Waals surface area contributed by atoms with E-state index in [1.165, 1.54) is 33.8 Å². The van der Waals surface area contributed by atoms with Crippen LogP contribution in [0.3, 0.4) is 0 Å². The first-order valence-electron chi connectivity index (χ1n) is 12.7. The predicted octanol–water partition coefficient (Wildman–Crippen LogP) is 3.50. The number of benzene rings is 2. The van der Waals surface area contributed by atoms with Gasteiger partial charge < -0.3 is 5.32 Å². The highest BCUT2D eigenvalue weighted by atomic mass is 19.1. The first-order chi connectivity index (χ1) is 18.3. The molecule has 1 N–H and O–H groups in total. The molecule has 5 atom stereocenters. The SMILES string of the molecule is Cc1c(NC(=O)CC(c2ccc(F)cc2)N2C(=O)C3C4C=CC(C4)C3C2=O)c(=O)n(-c2ccccc2)n1C. The fourth-order valence-electron chi connectivity index (χ4n) is 6.35. The molecule has 5 unspecified atom stereocenters. The molecule has 2 fully saturated rings. The second-order valence-electron chi connectivity index (χ2n) is 10.3. The summed E-state index contributed by atoms with van der Waals surface area (Å²) < 4.78 is 16.8. The van der Waals surface area contributed by atoms with Crippen molar-refractivity contribution in [3.8, 4) is 5.69 Å². The van der Waals surface area contributed by atoms with Crippen molar-refractivity contribution in [2.45, 2.75) is 25.8 Å². The highest BCUT2D eigenvalue weighted by Gasteiger charge is 2.60. The Morgan fingerprint density at radius 2 is 1.58 bits per heavy atom. The number of fused-ring (bicyclic) bond motifs is 5. The van der Waals surface area contributed by atoms with Crippen molar-refractivity contribution in [3.05, 3.63) is 94.2 Å². The lowest BCUT2D eigenvalue weighted by atomic mass is 9.85. The van der Waals surface area contributed by atoms with Crippen molar-refractivity contribution in [2.24, 2.45) is 30.7 Å². The summed E-state index contributed by atoms with van der Waals surface area (Å²) in [6, 6.07) is 13.6. The van der Waals surface area contributed by atoms with Crippen LogP contribution in [0, 0.1) is 36.4 Å². The summed E-state index contributed by atoms with van der Waals surface area (Å²) in [4.78, 5) is 54.9. The number of imide groups is 1. The van der Waals surface area contributed by atoms with Gasteiger partial charge in [0.05, 0.1) is 35.7 Å². The summed E-state index contributed by atoms with van der Waals surface area (Å²) in [6.45, 7) is 1.73. The van der Waals surface area contributed by atoms with Crippen molar-refractivity contribution < 1.29 is 18.8 Å². The predicted molar refractivity (Wildman–Crippen MR) is 138 cm³/mol. The number of hydrogen-bond donors (Lipinski definition) is 1. The molecule has 9 heteroatoms. The number of halogens is 1.